The molecule has 0 radical (unpaired) electrons. The molecule has 0 aromatic carbocycles. The first-order chi connectivity index (χ1) is 10.4. The van der Waals surface area contributed by atoms with Crippen LogP contribution in [0.1, 0.15) is 20.3 Å². The molecule has 2 rings (SSSR count). The van der Waals surface area contributed by atoms with Crippen LogP contribution in [0.15, 0.2) is 0 Å². The van der Waals surface area contributed by atoms with Gasteiger partial charge in [0.25, 0.3) is 0 Å². The van der Waals surface area contributed by atoms with Gasteiger partial charge in [-0.25, -0.2) is 0 Å². The summed E-state index contributed by atoms with van der Waals surface area (Å²) in [7, 11) is 2.93. The molecule has 0 saturated carbocycles. The normalized spacial score (nSPS) is 50.0. The van der Waals surface area contributed by atoms with Crippen molar-refractivity contribution >= 4 is 0 Å². The second kappa shape index (κ2) is 7.50. The van der Waals surface area contributed by atoms with Crippen LogP contribution in [0.3, 0.4) is 0 Å². The third-order valence-corrected chi connectivity index (χ3v) is 4.28. The Morgan fingerprint density at radius 1 is 0.864 bits per heavy atom. The maximum absolute atomic E-state index is 10.3. The van der Waals surface area contributed by atoms with Gasteiger partial charge in [0.15, 0.2) is 12.6 Å². The number of rotatable bonds is 4. The molecule has 2 heterocycles. The van der Waals surface area contributed by atoms with Gasteiger partial charge in [-0.1, -0.05) is 0 Å². The Balaban J connectivity index is 2.07. The van der Waals surface area contributed by atoms with Gasteiger partial charge in [-0.15, -0.1) is 0 Å². The van der Waals surface area contributed by atoms with Crippen molar-refractivity contribution in [2.45, 2.75) is 75.6 Å². The van der Waals surface area contributed by atoms with E-state index in [1.165, 1.54) is 14.2 Å². The fourth-order valence-corrected chi connectivity index (χ4v) is 2.99. The topological polar surface area (TPSA) is 107 Å². The molecule has 0 spiro atoms. The maximum atomic E-state index is 10.3. The molecule has 22 heavy (non-hydrogen) atoms. The van der Waals surface area contributed by atoms with Crippen LogP contribution in [0, 0.1) is 0 Å². The standard InChI is InChI=1S/C14H26O8/c1-6-10(16)13(19-4)11(17)14(21-6)22-12-7(2)20-9(15)5-8(12)18-3/h6-17H,5H2,1-4H3/t6-,7-,8-,9?,10-,11-,12-,13-,14+/m1/s1. The summed E-state index contributed by atoms with van der Waals surface area (Å²) in [5.41, 5.74) is 0. The fraction of sp³-hybridized carbons (Fsp3) is 1.00. The zero-order chi connectivity index (χ0) is 16.4. The maximum Gasteiger partial charge on any atom is 0.187 e. The lowest BCUT2D eigenvalue weighted by molar-refractivity contribution is -0.337. The van der Waals surface area contributed by atoms with Crippen molar-refractivity contribution in [1.82, 2.24) is 0 Å². The van der Waals surface area contributed by atoms with Crippen molar-refractivity contribution in [2.75, 3.05) is 14.2 Å². The number of ether oxygens (including phenoxy) is 5. The number of aliphatic hydroxyl groups excluding tert-OH is 3. The van der Waals surface area contributed by atoms with Crippen molar-refractivity contribution < 1.29 is 39.0 Å². The van der Waals surface area contributed by atoms with Crippen molar-refractivity contribution in [1.29, 1.82) is 0 Å². The smallest absolute Gasteiger partial charge is 0.187 e. The van der Waals surface area contributed by atoms with E-state index in [1.54, 1.807) is 13.8 Å². The van der Waals surface area contributed by atoms with E-state index < -0.39 is 55.3 Å². The summed E-state index contributed by atoms with van der Waals surface area (Å²) in [5.74, 6) is 0. The van der Waals surface area contributed by atoms with E-state index in [9.17, 15) is 15.3 Å². The van der Waals surface area contributed by atoms with Crippen LogP contribution in [-0.2, 0) is 23.7 Å². The van der Waals surface area contributed by atoms with Crippen molar-refractivity contribution in [3.05, 3.63) is 0 Å². The van der Waals surface area contributed by atoms with Gasteiger partial charge in [0, 0.05) is 20.6 Å². The average molecular weight is 322 g/mol. The lowest BCUT2D eigenvalue weighted by Crippen LogP contribution is -2.60. The van der Waals surface area contributed by atoms with E-state index in [2.05, 4.69) is 0 Å². The van der Waals surface area contributed by atoms with Gasteiger partial charge in [0.05, 0.1) is 18.3 Å². The molecule has 0 aromatic rings. The quantitative estimate of drug-likeness (QED) is 0.605. The summed E-state index contributed by atoms with van der Waals surface area (Å²) in [6, 6.07) is 0. The Kier molecular flexibility index (Phi) is 6.14. The SMILES string of the molecule is CO[C@H]1[C@@H](O)[C@H](O[C@@H]2[C@@H](C)OC(O)C[C@H]2OC)O[C@H](C)[C@H]1O. The van der Waals surface area contributed by atoms with Gasteiger partial charge in [-0.3, -0.25) is 0 Å². The summed E-state index contributed by atoms with van der Waals surface area (Å²) in [4.78, 5) is 0. The first kappa shape index (κ1) is 18.0. The Bertz CT molecular complexity index is 354. The summed E-state index contributed by atoms with van der Waals surface area (Å²) in [6.45, 7) is 3.43. The summed E-state index contributed by atoms with van der Waals surface area (Å²) >= 11 is 0. The minimum absolute atomic E-state index is 0.264. The van der Waals surface area contributed by atoms with Gasteiger partial charge in [0.2, 0.25) is 0 Å². The predicted octanol–water partition coefficient (Wildman–Crippen LogP) is -1.00. The van der Waals surface area contributed by atoms with Crippen molar-refractivity contribution in [3.8, 4) is 0 Å². The molecule has 2 aliphatic rings. The largest absolute Gasteiger partial charge is 0.388 e. The van der Waals surface area contributed by atoms with Crippen LogP contribution in [-0.4, -0.2) is 84.8 Å². The van der Waals surface area contributed by atoms with E-state index in [0.717, 1.165) is 0 Å². The van der Waals surface area contributed by atoms with Crippen molar-refractivity contribution in [2.24, 2.45) is 0 Å². The fourth-order valence-electron chi connectivity index (χ4n) is 2.99. The molecular weight excluding hydrogens is 296 g/mol. The Labute approximate surface area is 129 Å². The third-order valence-electron chi connectivity index (χ3n) is 4.28. The third kappa shape index (κ3) is 3.60. The van der Waals surface area contributed by atoms with E-state index in [1.807, 2.05) is 0 Å². The molecule has 2 aliphatic heterocycles. The Morgan fingerprint density at radius 3 is 2.14 bits per heavy atom. The first-order valence-electron chi connectivity index (χ1n) is 7.45. The highest BCUT2D eigenvalue weighted by Crippen LogP contribution is 2.29. The molecular formula is C14H26O8. The molecule has 130 valence electrons. The molecule has 2 saturated heterocycles. The van der Waals surface area contributed by atoms with E-state index in [4.69, 9.17) is 23.7 Å². The molecule has 8 nitrogen and oxygen atoms in total. The minimum atomic E-state index is -1.15. The second-order valence-electron chi connectivity index (χ2n) is 5.80. The second-order valence-corrected chi connectivity index (χ2v) is 5.80. The van der Waals surface area contributed by atoms with Crippen LogP contribution in [0.2, 0.25) is 0 Å². The van der Waals surface area contributed by atoms with E-state index in [0.29, 0.717) is 0 Å². The number of hydrogen-bond donors (Lipinski definition) is 3. The van der Waals surface area contributed by atoms with E-state index >= 15 is 0 Å². The van der Waals surface area contributed by atoms with Crippen LogP contribution in [0.5, 0.6) is 0 Å². The summed E-state index contributed by atoms with van der Waals surface area (Å²) < 4.78 is 27.2. The molecule has 0 aliphatic carbocycles. The highest BCUT2D eigenvalue weighted by Gasteiger charge is 2.47. The highest BCUT2D eigenvalue weighted by molar-refractivity contribution is 4.90. The van der Waals surface area contributed by atoms with Crippen LogP contribution in [0.4, 0.5) is 0 Å². The molecule has 0 amide bonds. The minimum Gasteiger partial charge on any atom is -0.388 e. The summed E-state index contributed by atoms with van der Waals surface area (Å²) in [5, 5.41) is 29.9. The average Bonchev–Trinajstić information content (AvgIpc) is 2.47. The zero-order valence-corrected chi connectivity index (χ0v) is 13.3. The van der Waals surface area contributed by atoms with Crippen LogP contribution >= 0.6 is 0 Å². The molecule has 0 bridgehead atoms. The zero-order valence-electron chi connectivity index (χ0n) is 13.3. The molecule has 1 unspecified atom stereocenters. The molecule has 0 aromatic heterocycles. The van der Waals surface area contributed by atoms with Gasteiger partial charge in [-0.2, -0.15) is 0 Å². The predicted molar refractivity (Wildman–Crippen MR) is 74.0 cm³/mol. The van der Waals surface area contributed by atoms with E-state index in [-0.39, 0.29) is 6.42 Å². The van der Waals surface area contributed by atoms with Gasteiger partial charge < -0.3 is 39.0 Å². The summed E-state index contributed by atoms with van der Waals surface area (Å²) in [6.07, 6.45) is -6.42. The lowest BCUT2D eigenvalue weighted by atomic mass is 9.98. The van der Waals surface area contributed by atoms with Gasteiger partial charge in [-0.05, 0) is 13.8 Å². The molecule has 2 fully saturated rings. The number of hydrogen-bond acceptors (Lipinski definition) is 8. The number of methoxy groups -OCH3 is 2. The molecule has 8 heteroatoms. The first-order valence-corrected chi connectivity index (χ1v) is 7.45. The highest BCUT2D eigenvalue weighted by atomic mass is 16.7. The monoisotopic (exact) mass is 322 g/mol. The molecule has 3 N–H and O–H groups in total. The van der Waals surface area contributed by atoms with Crippen LogP contribution in [0.25, 0.3) is 0 Å². The van der Waals surface area contributed by atoms with Gasteiger partial charge in [0.1, 0.15) is 24.4 Å². The Morgan fingerprint density at radius 2 is 1.55 bits per heavy atom. The number of aliphatic hydroxyl groups is 3. The van der Waals surface area contributed by atoms with Gasteiger partial charge >= 0.3 is 0 Å². The van der Waals surface area contributed by atoms with Crippen molar-refractivity contribution in [3.63, 3.8) is 0 Å². The Hall–Kier alpha value is -0.320. The van der Waals surface area contributed by atoms with Crippen LogP contribution < -0.4 is 0 Å². The lowest BCUT2D eigenvalue weighted by Gasteiger charge is -2.44. The molecule has 9 atom stereocenters.